The first kappa shape index (κ1) is 19.4. The molecule has 0 atom stereocenters. The second-order valence-electron chi connectivity index (χ2n) is 6.74. The third-order valence-electron chi connectivity index (χ3n) is 4.57. The number of rotatable bonds is 5. The Hall–Kier alpha value is -2.95. The number of nitrogens with zero attached hydrogens (tertiary/aromatic N) is 2. The quantitative estimate of drug-likeness (QED) is 0.273. The van der Waals surface area contributed by atoms with Crippen LogP contribution in [0.2, 0.25) is 5.02 Å². The molecule has 0 aliphatic carbocycles. The number of hydrogen-bond donors (Lipinski definition) is 1. The minimum Gasteiger partial charge on any atom is -0.252 e. The van der Waals surface area contributed by atoms with E-state index >= 15 is 0 Å². The largest absolute Gasteiger partial charge is 0.252 e. The van der Waals surface area contributed by atoms with Crippen molar-refractivity contribution < 1.29 is 0 Å². The van der Waals surface area contributed by atoms with E-state index in [-0.39, 0.29) is 0 Å². The molecule has 3 nitrogen and oxygen atoms in total. The maximum absolute atomic E-state index is 6.07. The first-order valence-corrected chi connectivity index (χ1v) is 10.5. The molecular weight excluding hydrogens is 398 g/mol. The molecule has 1 aromatic heterocycles. The molecule has 29 heavy (non-hydrogen) atoms. The van der Waals surface area contributed by atoms with Crippen molar-refractivity contribution in [1.82, 2.24) is 4.98 Å². The van der Waals surface area contributed by atoms with Gasteiger partial charge in [-0.3, -0.25) is 5.43 Å². The van der Waals surface area contributed by atoms with Gasteiger partial charge in [0.25, 0.3) is 0 Å². The van der Waals surface area contributed by atoms with Gasteiger partial charge in [0.1, 0.15) is 0 Å². The summed E-state index contributed by atoms with van der Waals surface area (Å²) in [6.07, 6.45) is 0. The van der Waals surface area contributed by atoms with Crippen molar-refractivity contribution in [3.8, 4) is 21.7 Å². The first-order valence-electron chi connectivity index (χ1n) is 9.30. The number of halogens is 1. The van der Waals surface area contributed by atoms with Gasteiger partial charge < -0.3 is 0 Å². The van der Waals surface area contributed by atoms with Crippen LogP contribution in [-0.4, -0.2) is 10.7 Å². The summed E-state index contributed by atoms with van der Waals surface area (Å²) in [5.41, 5.74) is 9.44. The second-order valence-corrected chi connectivity index (χ2v) is 8.18. The van der Waals surface area contributed by atoms with E-state index in [1.54, 1.807) is 11.3 Å². The Bertz CT molecular complexity index is 1130. The zero-order valence-corrected chi connectivity index (χ0v) is 17.8. The lowest BCUT2D eigenvalue weighted by Gasteiger charge is -2.02. The molecule has 0 bridgehead atoms. The van der Waals surface area contributed by atoms with Crippen molar-refractivity contribution in [3.63, 3.8) is 0 Å². The van der Waals surface area contributed by atoms with Gasteiger partial charge in [-0.1, -0.05) is 95.2 Å². The summed E-state index contributed by atoms with van der Waals surface area (Å²) in [5.74, 6) is 0. The van der Waals surface area contributed by atoms with Gasteiger partial charge in [0.15, 0.2) is 0 Å². The molecule has 0 spiro atoms. The number of nitrogens with one attached hydrogen (secondary N) is 1. The Balaban J connectivity index is 1.68. The minimum atomic E-state index is 0.710. The average Bonchev–Trinajstić information content (AvgIpc) is 3.18. The Kier molecular flexibility index (Phi) is 5.74. The number of anilines is 1. The van der Waals surface area contributed by atoms with E-state index in [4.69, 9.17) is 16.6 Å². The molecule has 4 rings (SSSR count). The van der Waals surface area contributed by atoms with E-state index in [2.05, 4.69) is 53.8 Å². The zero-order valence-electron chi connectivity index (χ0n) is 16.2. The summed E-state index contributed by atoms with van der Waals surface area (Å²) in [7, 11) is 0. The number of aryl methyl sites for hydroxylation is 1. The minimum absolute atomic E-state index is 0.710. The molecule has 0 unspecified atom stereocenters. The Morgan fingerprint density at radius 1 is 0.897 bits per heavy atom. The van der Waals surface area contributed by atoms with Crippen molar-refractivity contribution in [3.05, 3.63) is 95.0 Å². The van der Waals surface area contributed by atoms with Crippen LogP contribution < -0.4 is 5.43 Å². The van der Waals surface area contributed by atoms with Gasteiger partial charge in [0, 0.05) is 10.6 Å². The normalized spacial score (nSPS) is 11.5. The van der Waals surface area contributed by atoms with Crippen molar-refractivity contribution in [2.24, 2.45) is 5.10 Å². The molecule has 144 valence electrons. The Morgan fingerprint density at radius 2 is 1.59 bits per heavy atom. The van der Waals surface area contributed by atoms with Crippen molar-refractivity contribution in [2.45, 2.75) is 13.8 Å². The van der Waals surface area contributed by atoms with E-state index in [1.807, 2.05) is 49.4 Å². The summed E-state index contributed by atoms with van der Waals surface area (Å²) in [4.78, 5) is 5.92. The number of hydrazone groups is 1. The first-order chi connectivity index (χ1) is 14.1. The summed E-state index contributed by atoms with van der Waals surface area (Å²) in [6.45, 7) is 4.07. The molecule has 0 fully saturated rings. The second kappa shape index (κ2) is 8.60. The number of hydrogen-bond acceptors (Lipinski definition) is 4. The molecule has 3 aromatic carbocycles. The molecular formula is C24H20ClN3S. The van der Waals surface area contributed by atoms with E-state index in [1.165, 1.54) is 5.56 Å². The lowest BCUT2D eigenvalue weighted by molar-refractivity contribution is 1.27. The molecule has 0 aliphatic heterocycles. The van der Waals surface area contributed by atoms with Gasteiger partial charge in [-0.05, 0) is 37.1 Å². The maximum Gasteiger partial charge on any atom is 0.204 e. The predicted octanol–water partition coefficient (Wildman–Crippen LogP) is 7.28. The fraction of sp³-hybridized carbons (Fsp3) is 0.0833. The summed E-state index contributed by atoms with van der Waals surface area (Å²) in [5, 5.41) is 6.00. The fourth-order valence-electron chi connectivity index (χ4n) is 2.95. The smallest absolute Gasteiger partial charge is 0.204 e. The van der Waals surface area contributed by atoms with Crippen LogP contribution in [-0.2, 0) is 0 Å². The lowest BCUT2D eigenvalue weighted by Crippen LogP contribution is -1.99. The zero-order chi connectivity index (χ0) is 20.2. The molecule has 1 N–H and O–H groups in total. The third kappa shape index (κ3) is 4.56. The summed E-state index contributed by atoms with van der Waals surface area (Å²) < 4.78 is 0. The van der Waals surface area contributed by atoms with Crippen LogP contribution in [0.5, 0.6) is 0 Å². The highest BCUT2D eigenvalue weighted by Gasteiger charge is 2.15. The molecule has 0 radical (unpaired) electrons. The van der Waals surface area contributed by atoms with Gasteiger partial charge in [-0.25, -0.2) is 4.98 Å². The predicted molar refractivity (Wildman–Crippen MR) is 125 cm³/mol. The van der Waals surface area contributed by atoms with Gasteiger partial charge in [-0.2, -0.15) is 5.10 Å². The van der Waals surface area contributed by atoms with Crippen LogP contribution in [0, 0.1) is 6.92 Å². The van der Waals surface area contributed by atoms with Crippen LogP contribution in [0.1, 0.15) is 18.1 Å². The third-order valence-corrected chi connectivity index (χ3v) is 5.83. The molecule has 4 aromatic rings. The molecule has 0 saturated carbocycles. The monoisotopic (exact) mass is 417 g/mol. The van der Waals surface area contributed by atoms with E-state index in [9.17, 15) is 0 Å². The topological polar surface area (TPSA) is 37.3 Å². The number of aromatic nitrogens is 1. The molecule has 0 aliphatic rings. The van der Waals surface area contributed by atoms with Gasteiger partial charge in [-0.15, -0.1) is 0 Å². The fourth-order valence-corrected chi connectivity index (χ4v) is 4.01. The lowest BCUT2D eigenvalue weighted by atomic mass is 10.1. The summed E-state index contributed by atoms with van der Waals surface area (Å²) >= 11 is 7.65. The van der Waals surface area contributed by atoms with Crippen LogP contribution >= 0.6 is 22.9 Å². The Labute approximate surface area is 179 Å². The van der Waals surface area contributed by atoms with E-state index < -0.39 is 0 Å². The highest BCUT2D eigenvalue weighted by atomic mass is 35.5. The van der Waals surface area contributed by atoms with Gasteiger partial charge in [0.2, 0.25) is 5.13 Å². The average molecular weight is 418 g/mol. The van der Waals surface area contributed by atoms with Crippen molar-refractivity contribution >= 4 is 33.8 Å². The summed E-state index contributed by atoms with van der Waals surface area (Å²) in [6, 6.07) is 26.4. The highest BCUT2D eigenvalue weighted by molar-refractivity contribution is 7.19. The highest BCUT2D eigenvalue weighted by Crippen LogP contribution is 2.39. The van der Waals surface area contributed by atoms with Crippen molar-refractivity contribution in [2.75, 3.05) is 5.43 Å². The van der Waals surface area contributed by atoms with Gasteiger partial charge >= 0.3 is 0 Å². The van der Waals surface area contributed by atoms with Crippen LogP contribution in [0.15, 0.2) is 84.0 Å². The molecule has 0 amide bonds. The number of benzene rings is 3. The van der Waals surface area contributed by atoms with Crippen LogP contribution in [0.25, 0.3) is 21.7 Å². The maximum atomic E-state index is 6.07. The Morgan fingerprint density at radius 3 is 2.28 bits per heavy atom. The standard InChI is InChI=1S/C24H20ClN3S/c1-16-8-10-18(11-9-16)17(2)27-28-24-26-22(19-12-14-21(25)15-13-19)23(29-24)20-6-4-3-5-7-20/h3-15H,1-2H3,(H,26,28)/b27-17+. The van der Waals surface area contributed by atoms with Crippen LogP contribution in [0.3, 0.4) is 0 Å². The van der Waals surface area contributed by atoms with Gasteiger partial charge in [0.05, 0.1) is 16.3 Å². The van der Waals surface area contributed by atoms with E-state index in [0.29, 0.717) is 5.02 Å². The molecule has 5 heteroatoms. The molecule has 1 heterocycles. The van der Waals surface area contributed by atoms with Crippen molar-refractivity contribution in [1.29, 1.82) is 0 Å². The van der Waals surface area contributed by atoms with E-state index in [0.717, 1.165) is 38.1 Å². The van der Waals surface area contributed by atoms with Crippen LogP contribution in [0.4, 0.5) is 5.13 Å². The SMILES string of the molecule is C/C(=N\Nc1nc(-c2ccc(Cl)cc2)c(-c2ccccc2)s1)c1ccc(C)cc1. The number of thiazole rings is 1. The molecule has 0 saturated heterocycles.